The molecule has 1 radical (unpaired) electrons. The highest BCUT2D eigenvalue weighted by atomic mass is 17.2. The predicted molar refractivity (Wildman–Crippen MR) is 31.9 cm³/mol. The van der Waals surface area contributed by atoms with Crippen molar-refractivity contribution in [2.45, 2.75) is 32.8 Å². The second-order valence-corrected chi connectivity index (χ2v) is 2.31. The first-order valence-corrected chi connectivity index (χ1v) is 2.72. The van der Waals surface area contributed by atoms with Gasteiger partial charge in [0.2, 0.25) is 0 Å². The molecule has 0 rings (SSSR count). The number of hydrogen-bond acceptors (Lipinski definition) is 2. The summed E-state index contributed by atoms with van der Waals surface area (Å²) >= 11 is 0. The maximum Gasteiger partial charge on any atom is 0.109 e. The summed E-state index contributed by atoms with van der Waals surface area (Å²) in [6, 6.07) is 0. The molecule has 0 spiro atoms. The van der Waals surface area contributed by atoms with Crippen molar-refractivity contribution in [1.29, 1.82) is 0 Å². The Morgan fingerprint density at radius 3 is 2.12 bits per heavy atom. The van der Waals surface area contributed by atoms with Gasteiger partial charge in [-0.3, -0.25) is 0 Å². The molecule has 8 heavy (non-hydrogen) atoms. The number of rotatable bonds is 3. The van der Waals surface area contributed by atoms with Gasteiger partial charge in [0, 0.05) is 0 Å². The first-order valence-electron chi connectivity index (χ1n) is 2.72. The van der Waals surface area contributed by atoms with Gasteiger partial charge in [-0.15, -0.1) is 0 Å². The van der Waals surface area contributed by atoms with E-state index in [-0.39, 0.29) is 5.60 Å². The summed E-state index contributed by atoms with van der Waals surface area (Å²) in [7, 11) is 3.10. The minimum Gasteiger partial charge on any atom is -0.234 e. The van der Waals surface area contributed by atoms with Crippen molar-refractivity contribution in [1.82, 2.24) is 0 Å². The van der Waals surface area contributed by atoms with Crippen molar-refractivity contribution in [2.24, 2.45) is 0 Å². The van der Waals surface area contributed by atoms with E-state index in [0.29, 0.717) is 0 Å². The average Bonchev–Trinajstić information content (AvgIpc) is 1.67. The molecule has 0 atom stereocenters. The van der Waals surface area contributed by atoms with Crippen molar-refractivity contribution in [3.05, 3.63) is 7.11 Å². The SMILES string of the molecule is [CH2]OOC(C)(C)CC. The Labute approximate surface area is 50.7 Å². The van der Waals surface area contributed by atoms with Gasteiger partial charge in [-0.1, -0.05) is 6.92 Å². The third-order valence-electron chi connectivity index (χ3n) is 1.14. The molecule has 0 aliphatic rings. The van der Waals surface area contributed by atoms with Crippen LogP contribution in [0.2, 0.25) is 0 Å². The van der Waals surface area contributed by atoms with Gasteiger partial charge in [-0.25, -0.2) is 9.78 Å². The van der Waals surface area contributed by atoms with E-state index in [0.717, 1.165) is 6.42 Å². The first-order chi connectivity index (χ1) is 3.62. The molecular weight excluding hydrogens is 104 g/mol. The summed E-state index contributed by atoms with van der Waals surface area (Å²) in [4.78, 5) is 9.01. The molecular formula is C6H13O2. The first kappa shape index (κ1) is 7.92. The molecule has 0 amide bonds. The monoisotopic (exact) mass is 117 g/mol. The van der Waals surface area contributed by atoms with E-state index in [1.54, 1.807) is 0 Å². The summed E-state index contributed by atoms with van der Waals surface area (Å²) in [5.74, 6) is 0. The van der Waals surface area contributed by atoms with Gasteiger partial charge in [-0.2, -0.15) is 0 Å². The highest BCUT2D eigenvalue weighted by molar-refractivity contribution is 4.61. The Bertz CT molecular complexity index is 59.5. The maximum absolute atomic E-state index is 4.77. The lowest BCUT2D eigenvalue weighted by Crippen LogP contribution is -2.21. The second-order valence-electron chi connectivity index (χ2n) is 2.31. The fraction of sp³-hybridized carbons (Fsp3) is 0.833. The minimum atomic E-state index is -0.193. The molecule has 0 unspecified atom stereocenters. The van der Waals surface area contributed by atoms with Crippen molar-refractivity contribution < 1.29 is 9.78 Å². The Hall–Kier alpha value is -0.0800. The Morgan fingerprint density at radius 2 is 2.00 bits per heavy atom. The van der Waals surface area contributed by atoms with Gasteiger partial charge in [0.05, 0.1) is 5.60 Å². The normalized spacial score (nSPS) is 12.0. The van der Waals surface area contributed by atoms with Gasteiger partial charge < -0.3 is 0 Å². The Kier molecular flexibility index (Phi) is 3.02. The standard InChI is InChI=1S/C6H13O2/c1-5-6(2,3)8-7-4/h4-5H2,1-3H3. The fourth-order valence-corrected chi connectivity index (χ4v) is 0.218. The lowest BCUT2D eigenvalue weighted by Gasteiger charge is -2.19. The maximum atomic E-state index is 4.77. The molecule has 0 aromatic rings. The lowest BCUT2D eigenvalue weighted by atomic mass is 10.1. The molecule has 0 bridgehead atoms. The zero-order chi connectivity index (χ0) is 6.62. The minimum absolute atomic E-state index is 0.193. The summed E-state index contributed by atoms with van der Waals surface area (Å²) in [5.41, 5.74) is -0.193. The van der Waals surface area contributed by atoms with Crippen LogP contribution in [-0.2, 0) is 9.78 Å². The van der Waals surface area contributed by atoms with E-state index in [1.807, 2.05) is 20.8 Å². The van der Waals surface area contributed by atoms with Crippen LogP contribution in [0.5, 0.6) is 0 Å². The summed E-state index contributed by atoms with van der Waals surface area (Å²) in [6.07, 6.45) is 0.919. The van der Waals surface area contributed by atoms with Crippen molar-refractivity contribution in [2.75, 3.05) is 0 Å². The van der Waals surface area contributed by atoms with Gasteiger partial charge in [-0.05, 0) is 20.3 Å². The molecule has 0 saturated heterocycles. The largest absolute Gasteiger partial charge is 0.234 e. The van der Waals surface area contributed by atoms with Crippen LogP contribution >= 0.6 is 0 Å². The van der Waals surface area contributed by atoms with E-state index >= 15 is 0 Å². The van der Waals surface area contributed by atoms with Crippen LogP contribution < -0.4 is 0 Å². The molecule has 2 heteroatoms. The van der Waals surface area contributed by atoms with E-state index in [2.05, 4.69) is 12.0 Å². The van der Waals surface area contributed by atoms with Crippen LogP contribution in [0, 0.1) is 7.11 Å². The smallest absolute Gasteiger partial charge is 0.109 e. The van der Waals surface area contributed by atoms with Crippen LogP contribution in [0.15, 0.2) is 0 Å². The predicted octanol–water partition coefficient (Wildman–Crippen LogP) is 1.91. The third kappa shape index (κ3) is 2.99. The molecule has 0 aliphatic carbocycles. The van der Waals surface area contributed by atoms with Crippen LogP contribution in [0.25, 0.3) is 0 Å². The molecule has 0 N–H and O–H groups in total. The van der Waals surface area contributed by atoms with Crippen LogP contribution in [0.3, 0.4) is 0 Å². The molecule has 49 valence electrons. The molecule has 0 fully saturated rings. The second kappa shape index (κ2) is 3.05. The molecule has 2 nitrogen and oxygen atoms in total. The van der Waals surface area contributed by atoms with Crippen LogP contribution in [0.4, 0.5) is 0 Å². The van der Waals surface area contributed by atoms with Crippen molar-refractivity contribution >= 4 is 0 Å². The zero-order valence-corrected chi connectivity index (χ0v) is 5.73. The van der Waals surface area contributed by atoms with Gasteiger partial charge >= 0.3 is 0 Å². The molecule has 0 saturated carbocycles. The highest BCUT2D eigenvalue weighted by Gasteiger charge is 2.15. The molecule has 0 aromatic heterocycles. The molecule has 0 heterocycles. The van der Waals surface area contributed by atoms with Gasteiger partial charge in [0.15, 0.2) is 0 Å². The van der Waals surface area contributed by atoms with E-state index in [1.165, 1.54) is 0 Å². The van der Waals surface area contributed by atoms with E-state index in [4.69, 9.17) is 4.89 Å². The van der Waals surface area contributed by atoms with Crippen LogP contribution in [0.1, 0.15) is 27.2 Å². The van der Waals surface area contributed by atoms with Crippen LogP contribution in [-0.4, -0.2) is 5.60 Å². The molecule has 0 aliphatic heterocycles. The highest BCUT2D eigenvalue weighted by Crippen LogP contribution is 2.12. The third-order valence-corrected chi connectivity index (χ3v) is 1.14. The Balaban J connectivity index is 3.37. The Morgan fingerprint density at radius 1 is 1.50 bits per heavy atom. The number of hydrogen-bond donors (Lipinski definition) is 0. The van der Waals surface area contributed by atoms with Crippen molar-refractivity contribution in [3.63, 3.8) is 0 Å². The van der Waals surface area contributed by atoms with Crippen molar-refractivity contribution in [3.8, 4) is 0 Å². The van der Waals surface area contributed by atoms with E-state index in [9.17, 15) is 0 Å². The average molecular weight is 117 g/mol. The topological polar surface area (TPSA) is 18.5 Å². The van der Waals surface area contributed by atoms with E-state index < -0.39 is 0 Å². The van der Waals surface area contributed by atoms with Gasteiger partial charge in [0.25, 0.3) is 0 Å². The quantitative estimate of drug-likeness (QED) is 0.415. The summed E-state index contributed by atoms with van der Waals surface area (Å²) in [6.45, 7) is 5.91. The summed E-state index contributed by atoms with van der Waals surface area (Å²) in [5, 5.41) is 0. The van der Waals surface area contributed by atoms with Gasteiger partial charge in [0.1, 0.15) is 7.11 Å². The lowest BCUT2D eigenvalue weighted by molar-refractivity contribution is -0.319. The zero-order valence-electron chi connectivity index (χ0n) is 5.73. The molecule has 0 aromatic carbocycles. The summed E-state index contributed by atoms with van der Waals surface area (Å²) < 4.78 is 0. The fourth-order valence-electron chi connectivity index (χ4n) is 0.218.